The summed E-state index contributed by atoms with van der Waals surface area (Å²) in [5, 5.41) is 8.72. The number of nitrogens with one attached hydrogen (secondary N) is 1. The number of likely N-dealkylation sites (tertiary alicyclic amines) is 1. The molecule has 0 aliphatic carbocycles. The number of aromatic nitrogens is 2. The van der Waals surface area contributed by atoms with E-state index in [0.717, 1.165) is 11.6 Å². The minimum Gasteiger partial charge on any atom is -0.444 e. The second-order valence-corrected chi connectivity index (χ2v) is 12.3. The Hall–Kier alpha value is -3.51. The van der Waals surface area contributed by atoms with Crippen LogP contribution in [0.5, 0.6) is 0 Å². The molecular weight excluding hydrogens is 579 g/mol. The monoisotopic (exact) mass is 605 g/mol. The van der Waals surface area contributed by atoms with E-state index in [2.05, 4.69) is 15.4 Å². The van der Waals surface area contributed by atoms with Gasteiger partial charge in [0.05, 0.1) is 28.7 Å². The molecule has 0 saturated carbocycles. The highest BCUT2D eigenvalue weighted by molar-refractivity contribution is 8.18. The average Bonchev–Trinajstić information content (AvgIpc) is 3.58. The van der Waals surface area contributed by atoms with E-state index in [0.29, 0.717) is 40.5 Å². The summed E-state index contributed by atoms with van der Waals surface area (Å²) in [6, 6.07) is 8.98. The molecule has 216 valence electrons. The van der Waals surface area contributed by atoms with Crippen molar-refractivity contribution >= 4 is 57.5 Å². The molecule has 0 spiro atoms. The predicted octanol–water partition coefficient (Wildman–Crippen LogP) is 6.33. The van der Waals surface area contributed by atoms with Crippen LogP contribution in [0, 0.1) is 0 Å². The van der Waals surface area contributed by atoms with Gasteiger partial charge in [-0.25, -0.2) is 4.79 Å². The number of amides is 2. The van der Waals surface area contributed by atoms with E-state index in [1.165, 1.54) is 28.6 Å². The van der Waals surface area contributed by atoms with Gasteiger partial charge in [-0.1, -0.05) is 23.7 Å². The molecule has 3 aromatic rings. The third-order valence-electron chi connectivity index (χ3n) is 6.45. The topological polar surface area (TPSA) is 88.8 Å². The third kappa shape index (κ3) is 6.87. The van der Waals surface area contributed by atoms with E-state index in [-0.39, 0.29) is 35.2 Å². The van der Waals surface area contributed by atoms with Gasteiger partial charge in [0.15, 0.2) is 5.17 Å². The molecule has 1 N–H and O–H groups in total. The molecule has 1 saturated heterocycles. The highest BCUT2D eigenvalue weighted by Gasteiger charge is 2.34. The predicted molar refractivity (Wildman–Crippen MR) is 153 cm³/mol. The number of amidine groups is 1. The van der Waals surface area contributed by atoms with Crippen molar-refractivity contribution in [1.29, 1.82) is 0 Å². The Kier molecular flexibility index (Phi) is 7.82. The number of carbonyl (C=O) groups excluding carboxylic acids is 2. The van der Waals surface area contributed by atoms with Crippen molar-refractivity contribution in [3.63, 3.8) is 0 Å². The highest BCUT2D eigenvalue weighted by Crippen LogP contribution is 2.35. The van der Waals surface area contributed by atoms with Gasteiger partial charge in [-0.2, -0.15) is 23.3 Å². The Labute approximate surface area is 243 Å². The number of nitrogens with zero attached hydrogens (tertiary/aromatic N) is 4. The SMILES string of the molecule is CC(C)(C)OC(=O)N1CCC(NC2=NC(=O)C(=Cc3ccc4c(cnn4Cc4ccc(Cl)cc4C(F)(F)F)c3)S2)C1. The summed E-state index contributed by atoms with van der Waals surface area (Å²) < 4.78 is 47.5. The zero-order valence-electron chi connectivity index (χ0n) is 22.5. The Morgan fingerprint density at radius 2 is 2.00 bits per heavy atom. The van der Waals surface area contributed by atoms with Gasteiger partial charge in [-0.05, 0) is 80.4 Å². The van der Waals surface area contributed by atoms with E-state index in [9.17, 15) is 22.8 Å². The summed E-state index contributed by atoms with van der Waals surface area (Å²) in [5.41, 5.74) is 0.0552. The van der Waals surface area contributed by atoms with Gasteiger partial charge in [0, 0.05) is 29.5 Å². The van der Waals surface area contributed by atoms with Gasteiger partial charge in [0.2, 0.25) is 0 Å². The maximum absolute atomic E-state index is 13.5. The molecular formula is C28H27ClF3N5O3S. The maximum Gasteiger partial charge on any atom is 0.416 e. The van der Waals surface area contributed by atoms with Crippen LogP contribution >= 0.6 is 23.4 Å². The summed E-state index contributed by atoms with van der Waals surface area (Å²) in [6.45, 7) is 6.36. The normalized spacial score (nSPS) is 18.9. The van der Waals surface area contributed by atoms with E-state index < -0.39 is 17.3 Å². The number of carbonyl (C=O) groups is 2. The molecule has 2 amide bonds. The fourth-order valence-corrected chi connectivity index (χ4v) is 5.66. The number of ether oxygens (including phenoxy) is 1. The smallest absolute Gasteiger partial charge is 0.416 e. The van der Waals surface area contributed by atoms with Gasteiger partial charge in [-0.15, -0.1) is 0 Å². The lowest BCUT2D eigenvalue weighted by Crippen LogP contribution is -2.39. The molecule has 1 atom stereocenters. The van der Waals surface area contributed by atoms with Crippen molar-refractivity contribution in [2.75, 3.05) is 13.1 Å². The first-order valence-corrected chi connectivity index (χ1v) is 14.0. The standard InChI is InChI=1S/C28H27ClF3N5O3S/c1-27(2,3)40-26(39)36-9-8-20(15-36)34-25-35-24(38)23(41-25)11-16-4-7-22-18(10-16)13-33-37(22)14-17-5-6-19(29)12-21(17)28(30,31)32/h4-7,10-13,20H,8-9,14-15H2,1-3H3,(H,34,35,38). The fourth-order valence-electron chi connectivity index (χ4n) is 4.60. The zero-order chi connectivity index (χ0) is 29.5. The number of fused-ring (bicyclic) bond motifs is 1. The molecule has 2 aliphatic rings. The number of alkyl halides is 3. The van der Waals surface area contributed by atoms with Crippen molar-refractivity contribution in [3.8, 4) is 0 Å². The first-order chi connectivity index (χ1) is 19.2. The molecule has 41 heavy (non-hydrogen) atoms. The molecule has 2 aromatic carbocycles. The second kappa shape index (κ2) is 11.1. The van der Waals surface area contributed by atoms with Crippen LogP contribution in [0.4, 0.5) is 18.0 Å². The highest BCUT2D eigenvalue weighted by atomic mass is 35.5. The fraction of sp³-hybridized carbons (Fsp3) is 0.357. The van der Waals surface area contributed by atoms with Crippen molar-refractivity contribution in [2.24, 2.45) is 4.99 Å². The molecule has 8 nitrogen and oxygen atoms in total. The number of hydrogen-bond acceptors (Lipinski definition) is 6. The van der Waals surface area contributed by atoms with Crippen molar-refractivity contribution in [2.45, 2.75) is 51.6 Å². The van der Waals surface area contributed by atoms with Crippen LogP contribution in [0.2, 0.25) is 5.02 Å². The number of halogens is 4. The van der Waals surface area contributed by atoms with Crippen LogP contribution in [0.3, 0.4) is 0 Å². The molecule has 13 heteroatoms. The van der Waals surface area contributed by atoms with Crippen molar-refractivity contribution in [3.05, 3.63) is 69.2 Å². The van der Waals surface area contributed by atoms with Crippen LogP contribution < -0.4 is 5.32 Å². The zero-order valence-corrected chi connectivity index (χ0v) is 24.0. The summed E-state index contributed by atoms with van der Waals surface area (Å²) in [5.74, 6) is -0.377. The number of benzene rings is 2. The molecule has 0 radical (unpaired) electrons. The third-order valence-corrected chi connectivity index (χ3v) is 7.60. The second-order valence-electron chi connectivity index (χ2n) is 10.8. The first-order valence-electron chi connectivity index (χ1n) is 12.8. The van der Waals surface area contributed by atoms with Crippen LogP contribution in [-0.2, 0) is 22.3 Å². The summed E-state index contributed by atoms with van der Waals surface area (Å²) in [6.07, 6.45) is -0.923. The quantitative estimate of drug-likeness (QED) is 0.350. The van der Waals surface area contributed by atoms with Crippen molar-refractivity contribution < 1.29 is 27.5 Å². The van der Waals surface area contributed by atoms with Gasteiger partial charge < -0.3 is 15.0 Å². The Morgan fingerprint density at radius 1 is 1.22 bits per heavy atom. The number of hydrogen-bond donors (Lipinski definition) is 1. The molecule has 5 rings (SSSR count). The maximum atomic E-state index is 13.5. The summed E-state index contributed by atoms with van der Waals surface area (Å²) in [4.78, 5) is 31.1. The van der Waals surface area contributed by atoms with Crippen LogP contribution in [0.1, 0.15) is 43.9 Å². The Morgan fingerprint density at radius 3 is 2.73 bits per heavy atom. The molecule has 1 unspecified atom stereocenters. The largest absolute Gasteiger partial charge is 0.444 e. The lowest BCUT2D eigenvalue weighted by atomic mass is 10.1. The molecule has 3 heterocycles. The number of thioether (sulfide) groups is 1. The van der Waals surface area contributed by atoms with E-state index >= 15 is 0 Å². The lowest BCUT2D eigenvalue weighted by Gasteiger charge is -2.24. The summed E-state index contributed by atoms with van der Waals surface area (Å²) in [7, 11) is 0. The van der Waals surface area contributed by atoms with E-state index in [1.807, 2.05) is 26.8 Å². The van der Waals surface area contributed by atoms with Crippen molar-refractivity contribution in [1.82, 2.24) is 20.0 Å². The van der Waals surface area contributed by atoms with Crippen LogP contribution in [0.15, 0.2) is 52.5 Å². The van der Waals surface area contributed by atoms with E-state index in [4.69, 9.17) is 16.3 Å². The minimum absolute atomic E-state index is 0.0109. The average molecular weight is 606 g/mol. The first kappa shape index (κ1) is 29.0. The minimum atomic E-state index is -4.54. The molecule has 1 fully saturated rings. The molecule has 2 aliphatic heterocycles. The summed E-state index contributed by atoms with van der Waals surface area (Å²) >= 11 is 7.02. The van der Waals surface area contributed by atoms with Gasteiger partial charge in [-0.3, -0.25) is 9.48 Å². The number of rotatable bonds is 4. The Balaban J connectivity index is 1.24. The van der Waals surface area contributed by atoms with Crippen LogP contribution in [-0.4, -0.2) is 56.6 Å². The van der Waals surface area contributed by atoms with Crippen LogP contribution in [0.25, 0.3) is 17.0 Å². The number of aliphatic imine (C=N–C) groups is 1. The van der Waals surface area contributed by atoms with E-state index in [1.54, 1.807) is 29.3 Å². The Bertz CT molecular complexity index is 1580. The van der Waals surface area contributed by atoms with Gasteiger partial charge >= 0.3 is 12.3 Å². The molecule has 0 bridgehead atoms. The van der Waals surface area contributed by atoms with Gasteiger partial charge in [0.1, 0.15) is 5.60 Å². The lowest BCUT2D eigenvalue weighted by molar-refractivity contribution is -0.138. The van der Waals surface area contributed by atoms with Gasteiger partial charge in [0.25, 0.3) is 5.91 Å². The molecule has 1 aromatic heterocycles.